The van der Waals surface area contributed by atoms with Crippen molar-refractivity contribution in [3.8, 4) is 0 Å². The maximum Gasteiger partial charge on any atom is 0.281 e. The molecule has 1 fully saturated rings. The van der Waals surface area contributed by atoms with Gasteiger partial charge in [0.15, 0.2) is 5.78 Å². The Kier molecular flexibility index (Phi) is 5.38. The summed E-state index contributed by atoms with van der Waals surface area (Å²) in [6.07, 6.45) is 0.709. The summed E-state index contributed by atoms with van der Waals surface area (Å²) in [5.74, 6) is 0.473. The number of nitrogens with one attached hydrogen (secondary N) is 1. The van der Waals surface area contributed by atoms with E-state index in [1.165, 1.54) is 18.7 Å². The summed E-state index contributed by atoms with van der Waals surface area (Å²) in [6, 6.07) is 6.77. The van der Waals surface area contributed by atoms with Crippen molar-refractivity contribution in [2.75, 3.05) is 25.4 Å². The summed E-state index contributed by atoms with van der Waals surface area (Å²) in [5.41, 5.74) is 0.832. The molecule has 0 unspecified atom stereocenters. The summed E-state index contributed by atoms with van der Waals surface area (Å²) in [6.45, 7) is 3.37. The molecule has 0 spiro atoms. The number of nitrogens with zero attached hydrogens (tertiary/aromatic N) is 1. The van der Waals surface area contributed by atoms with Crippen LogP contribution >= 0.6 is 11.8 Å². The predicted octanol–water partition coefficient (Wildman–Crippen LogP) is 2.18. The van der Waals surface area contributed by atoms with Gasteiger partial charge in [-0.25, -0.2) is 0 Å². The smallest absolute Gasteiger partial charge is 0.281 e. The minimum absolute atomic E-state index is 0.114. The summed E-state index contributed by atoms with van der Waals surface area (Å²) in [7, 11) is 0. The monoisotopic (exact) mass is 306 g/mol. The molecule has 1 aromatic rings. The molecular weight excluding hydrogens is 288 g/mol. The molecule has 5 nitrogen and oxygen atoms in total. The lowest BCUT2D eigenvalue weighted by Crippen LogP contribution is -2.30. The van der Waals surface area contributed by atoms with E-state index in [9.17, 15) is 14.4 Å². The molecule has 1 N–H and O–H groups in total. The molecule has 1 heterocycles. The second-order valence-electron chi connectivity index (χ2n) is 4.81. The van der Waals surface area contributed by atoms with Crippen LogP contribution in [0.15, 0.2) is 24.3 Å². The van der Waals surface area contributed by atoms with Crippen LogP contribution in [0.25, 0.3) is 0 Å². The minimum atomic E-state index is -0.247. The van der Waals surface area contributed by atoms with Crippen molar-refractivity contribution in [3.63, 3.8) is 0 Å². The van der Waals surface area contributed by atoms with Gasteiger partial charge in [-0.3, -0.25) is 14.4 Å². The number of carbonyl (C=O) groups excluding carboxylic acids is 3. The molecular formula is C15H18N2O3S. The number of hydrogen-bond acceptors (Lipinski definition) is 4. The van der Waals surface area contributed by atoms with Crippen molar-refractivity contribution in [1.82, 2.24) is 10.2 Å². The third kappa shape index (κ3) is 4.07. The molecule has 1 aliphatic rings. The van der Waals surface area contributed by atoms with E-state index in [1.807, 2.05) is 0 Å². The average molecular weight is 306 g/mol. The number of rotatable bonds is 6. The fourth-order valence-electron chi connectivity index (χ4n) is 2.18. The van der Waals surface area contributed by atoms with Crippen molar-refractivity contribution in [1.29, 1.82) is 0 Å². The number of hydrogen-bond donors (Lipinski definition) is 1. The maximum absolute atomic E-state index is 12.1. The molecule has 1 saturated heterocycles. The van der Waals surface area contributed by atoms with E-state index in [2.05, 4.69) is 5.32 Å². The fraction of sp³-hybridized carbons (Fsp3) is 0.400. The van der Waals surface area contributed by atoms with Crippen LogP contribution in [0, 0.1) is 0 Å². The van der Waals surface area contributed by atoms with E-state index in [0.29, 0.717) is 30.6 Å². The van der Waals surface area contributed by atoms with Crippen molar-refractivity contribution in [3.05, 3.63) is 35.4 Å². The van der Waals surface area contributed by atoms with E-state index in [4.69, 9.17) is 0 Å². The van der Waals surface area contributed by atoms with Gasteiger partial charge in [0.2, 0.25) is 0 Å². The standard InChI is InChI=1S/C15H18N2O3S/c1-11(18)12-5-2-3-6-13(12)14(19)16-7-4-8-17-9-10-21-15(17)20/h2-3,5-6H,4,7-10H2,1H3,(H,16,19). The van der Waals surface area contributed by atoms with Gasteiger partial charge < -0.3 is 10.2 Å². The van der Waals surface area contributed by atoms with E-state index >= 15 is 0 Å². The molecule has 0 radical (unpaired) electrons. The third-order valence-corrected chi connectivity index (χ3v) is 4.18. The molecule has 0 saturated carbocycles. The Hall–Kier alpha value is -1.82. The largest absolute Gasteiger partial charge is 0.352 e. The molecule has 6 heteroatoms. The van der Waals surface area contributed by atoms with Gasteiger partial charge in [0.05, 0.1) is 5.56 Å². The van der Waals surface area contributed by atoms with Gasteiger partial charge in [0.1, 0.15) is 0 Å². The molecule has 0 bridgehead atoms. The van der Waals surface area contributed by atoms with Crippen LogP contribution in [0.1, 0.15) is 34.1 Å². The van der Waals surface area contributed by atoms with Crippen LogP contribution < -0.4 is 5.32 Å². The zero-order chi connectivity index (χ0) is 15.2. The van der Waals surface area contributed by atoms with Gasteiger partial charge in [-0.15, -0.1) is 0 Å². The number of amides is 2. The van der Waals surface area contributed by atoms with Gasteiger partial charge in [-0.05, 0) is 19.4 Å². The normalized spacial score (nSPS) is 14.3. The number of thioether (sulfide) groups is 1. The molecule has 112 valence electrons. The zero-order valence-corrected chi connectivity index (χ0v) is 12.7. The fourth-order valence-corrected chi connectivity index (χ4v) is 3.04. The van der Waals surface area contributed by atoms with Crippen LogP contribution in [0.3, 0.4) is 0 Å². The Morgan fingerprint density at radius 3 is 2.62 bits per heavy atom. The lowest BCUT2D eigenvalue weighted by Gasteiger charge is -2.14. The van der Waals surface area contributed by atoms with Gasteiger partial charge in [0.25, 0.3) is 11.1 Å². The Bertz CT molecular complexity index is 560. The Morgan fingerprint density at radius 2 is 2.00 bits per heavy atom. The summed E-state index contributed by atoms with van der Waals surface area (Å²) >= 11 is 1.33. The van der Waals surface area contributed by atoms with Crippen LogP contribution in [0.2, 0.25) is 0 Å². The average Bonchev–Trinajstić information content (AvgIpc) is 2.88. The number of carbonyl (C=O) groups is 3. The number of Topliss-reactive ketones (excluding diaryl/α,β-unsaturated/α-hetero) is 1. The molecule has 0 aliphatic carbocycles. The number of ketones is 1. The molecule has 0 aromatic heterocycles. The molecule has 1 aliphatic heterocycles. The minimum Gasteiger partial charge on any atom is -0.352 e. The van der Waals surface area contributed by atoms with Gasteiger partial charge in [0, 0.05) is 31.0 Å². The first-order chi connectivity index (χ1) is 10.1. The Labute approximate surface area is 128 Å². The SMILES string of the molecule is CC(=O)c1ccccc1C(=O)NCCCN1CCSC1=O. The van der Waals surface area contributed by atoms with Crippen molar-refractivity contribution < 1.29 is 14.4 Å². The Balaban J connectivity index is 1.82. The van der Waals surface area contributed by atoms with E-state index in [1.54, 1.807) is 29.2 Å². The lowest BCUT2D eigenvalue weighted by atomic mass is 10.0. The topological polar surface area (TPSA) is 66.5 Å². The summed E-state index contributed by atoms with van der Waals surface area (Å²) < 4.78 is 0. The highest BCUT2D eigenvalue weighted by Crippen LogP contribution is 2.16. The zero-order valence-electron chi connectivity index (χ0n) is 11.9. The van der Waals surface area contributed by atoms with Crippen molar-refractivity contribution in [2.45, 2.75) is 13.3 Å². The molecule has 0 atom stereocenters. The molecule has 2 rings (SSSR count). The van der Waals surface area contributed by atoms with Gasteiger partial charge >= 0.3 is 0 Å². The highest BCUT2D eigenvalue weighted by Gasteiger charge is 2.20. The molecule has 1 aromatic carbocycles. The van der Waals surface area contributed by atoms with Crippen LogP contribution in [0.5, 0.6) is 0 Å². The van der Waals surface area contributed by atoms with E-state index in [-0.39, 0.29) is 16.9 Å². The first kappa shape index (κ1) is 15.6. The van der Waals surface area contributed by atoms with E-state index in [0.717, 1.165) is 12.3 Å². The third-order valence-electron chi connectivity index (χ3n) is 3.29. The van der Waals surface area contributed by atoms with E-state index < -0.39 is 0 Å². The van der Waals surface area contributed by atoms with Gasteiger partial charge in [-0.2, -0.15) is 0 Å². The molecule has 2 amide bonds. The quantitative estimate of drug-likeness (QED) is 0.646. The van der Waals surface area contributed by atoms with Crippen LogP contribution in [-0.4, -0.2) is 47.2 Å². The van der Waals surface area contributed by atoms with Gasteiger partial charge in [-0.1, -0.05) is 30.0 Å². The van der Waals surface area contributed by atoms with Crippen molar-refractivity contribution >= 4 is 28.7 Å². The maximum atomic E-state index is 12.1. The highest BCUT2D eigenvalue weighted by atomic mass is 32.2. The second-order valence-corrected chi connectivity index (χ2v) is 5.86. The first-order valence-electron chi connectivity index (χ1n) is 6.89. The first-order valence-corrected chi connectivity index (χ1v) is 7.88. The van der Waals surface area contributed by atoms with Crippen LogP contribution in [-0.2, 0) is 0 Å². The highest BCUT2D eigenvalue weighted by molar-refractivity contribution is 8.13. The Morgan fingerprint density at radius 1 is 1.29 bits per heavy atom. The number of benzene rings is 1. The predicted molar refractivity (Wildman–Crippen MR) is 82.8 cm³/mol. The summed E-state index contributed by atoms with van der Waals surface area (Å²) in [4.78, 5) is 36.8. The molecule has 21 heavy (non-hydrogen) atoms. The van der Waals surface area contributed by atoms with Crippen LogP contribution in [0.4, 0.5) is 4.79 Å². The van der Waals surface area contributed by atoms with Crippen molar-refractivity contribution in [2.24, 2.45) is 0 Å². The lowest BCUT2D eigenvalue weighted by molar-refractivity contribution is 0.0937. The second kappa shape index (κ2) is 7.26. The summed E-state index contributed by atoms with van der Waals surface area (Å²) in [5, 5.41) is 2.91.